The summed E-state index contributed by atoms with van der Waals surface area (Å²) in [4.78, 5) is 27.7. The quantitative estimate of drug-likeness (QED) is 0.271. The lowest BCUT2D eigenvalue weighted by Gasteiger charge is -2.37. The molecule has 1 aliphatic heterocycles. The Hall–Kier alpha value is -3.84. The van der Waals surface area contributed by atoms with E-state index in [0.29, 0.717) is 37.4 Å². The number of fused-ring (bicyclic) bond motifs is 1. The van der Waals surface area contributed by atoms with Gasteiger partial charge in [0.1, 0.15) is 0 Å². The minimum absolute atomic E-state index is 0.000535. The predicted octanol–water partition coefficient (Wildman–Crippen LogP) is 5.68. The number of unbranched alkanes of at least 4 members (excludes halogenated alkanes) is 2. The van der Waals surface area contributed by atoms with Crippen molar-refractivity contribution in [2.45, 2.75) is 58.0 Å². The van der Waals surface area contributed by atoms with Crippen molar-refractivity contribution in [1.82, 2.24) is 10.2 Å². The first-order chi connectivity index (χ1) is 19.5. The van der Waals surface area contributed by atoms with E-state index in [1.807, 2.05) is 54.6 Å². The number of anilines is 1. The molecular weight excluding hydrogens is 502 g/mol. The summed E-state index contributed by atoms with van der Waals surface area (Å²) in [6.45, 7) is 3.69. The molecule has 0 saturated carbocycles. The Labute approximate surface area is 237 Å². The molecule has 2 amide bonds. The van der Waals surface area contributed by atoms with Crippen molar-refractivity contribution in [1.29, 1.82) is 0 Å². The number of methoxy groups -OCH3 is 2. The molecule has 1 atom stereocenters. The maximum Gasteiger partial charge on any atom is 0.234 e. The van der Waals surface area contributed by atoms with E-state index in [4.69, 9.17) is 9.47 Å². The van der Waals surface area contributed by atoms with Crippen LogP contribution in [-0.4, -0.2) is 44.0 Å². The summed E-state index contributed by atoms with van der Waals surface area (Å²) in [5, 5.41) is 6.15. The van der Waals surface area contributed by atoms with Crippen molar-refractivity contribution in [3.63, 3.8) is 0 Å². The Bertz CT molecular complexity index is 1280. The van der Waals surface area contributed by atoms with Crippen LogP contribution in [0.15, 0.2) is 66.7 Å². The fourth-order valence-electron chi connectivity index (χ4n) is 5.30. The van der Waals surface area contributed by atoms with Crippen LogP contribution < -0.4 is 20.1 Å². The van der Waals surface area contributed by atoms with Crippen molar-refractivity contribution in [3.05, 3.63) is 89.0 Å². The lowest BCUT2D eigenvalue weighted by Crippen LogP contribution is -2.43. The Morgan fingerprint density at radius 2 is 1.70 bits per heavy atom. The molecule has 2 N–H and O–H groups in total. The van der Waals surface area contributed by atoms with E-state index in [0.717, 1.165) is 49.0 Å². The van der Waals surface area contributed by atoms with Crippen LogP contribution in [0.4, 0.5) is 5.69 Å². The molecule has 7 heteroatoms. The van der Waals surface area contributed by atoms with Crippen LogP contribution in [-0.2, 0) is 29.0 Å². The first kappa shape index (κ1) is 29.2. The molecule has 3 aromatic carbocycles. The highest BCUT2D eigenvalue weighted by Gasteiger charge is 2.29. The Morgan fingerprint density at radius 3 is 2.45 bits per heavy atom. The number of nitrogens with zero attached hydrogens (tertiary/aromatic N) is 1. The van der Waals surface area contributed by atoms with Gasteiger partial charge in [-0.05, 0) is 65.8 Å². The molecule has 212 valence electrons. The summed E-state index contributed by atoms with van der Waals surface area (Å²) in [7, 11) is 3.27. The molecule has 0 radical (unpaired) electrons. The van der Waals surface area contributed by atoms with Crippen molar-refractivity contribution >= 4 is 17.5 Å². The molecule has 1 unspecified atom stereocenters. The minimum atomic E-state index is -0.00127. The Balaban J connectivity index is 1.53. The second-order valence-corrected chi connectivity index (χ2v) is 10.3. The average molecular weight is 544 g/mol. The predicted molar refractivity (Wildman–Crippen MR) is 159 cm³/mol. The summed E-state index contributed by atoms with van der Waals surface area (Å²) in [6.07, 6.45) is 5.12. The molecule has 0 spiro atoms. The number of hydrogen-bond donors (Lipinski definition) is 2. The normalized spacial score (nSPS) is 14.7. The number of rotatable bonds is 13. The maximum atomic E-state index is 13.0. The molecule has 7 nitrogen and oxygen atoms in total. The van der Waals surface area contributed by atoms with E-state index in [1.165, 1.54) is 11.1 Å². The Kier molecular flexibility index (Phi) is 10.6. The smallest absolute Gasteiger partial charge is 0.234 e. The van der Waals surface area contributed by atoms with Crippen LogP contribution in [0.25, 0.3) is 0 Å². The van der Waals surface area contributed by atoms with Gasteiger partial charge in [-0.1, -0.05) is 62.2 Å². The van der Waals surface area contributed by atoms with Gasteiger partial charge < -0.3 is 20.1 Å². The van der Waals surface area contributed by atoms with E-state index in [1.54, 1.807) is 14.2 Å². The van der Waals surface area contributed by atoms with Crippen LogP contribution >= 0.6 is 0 Å². The van der Waals surface area contributed by atoms with Gasteiger partial charge >= 0.3 is 0 Å². The molecule has 0 saturated heterocycles. The third-order valence-electron chi connectivity index (χ3n) is 7.46. The zero-order chi connectivity index (χ0) is 28.3. The molecule has 3 aromatic rings. The molecule has 0 aromatic heterocycles. The van der Waals surface area contributed by atoms with Crippen molar-refractivity contribution in [2.75, 3.05) is 32.6 Å². The van der Waals surface area contributed by atoms with Crippen LogP contribution in [0.5, 0.6) is 11.5 Å². The zero-order valence-corrected chi connectivity index (χ0v) is 23.9. The Morgan fingerprint density at radius 1 is 0.900 bits per heavy atom. The van der Waals surface area contributed by atoms with Crippen LogP contribution in [0.2, 0.25) is 0 Å². The number of benzene rings is 3. The van der Waals surface area contributed by atoms with Gasteiger partial charge in [0, 0.05) is 31.2 Å². The summed E-state index contributed by atoms with van der Waals surface area (Å²) in [6, 6.07) is 22.1. The van der Waals surface area contributed by atoms with Crippen molar-refractivity contribution in [2.24, 2.45) is 0 Å². The van der Waals surface area contributed by atoms with Gasteiger partial charge in [0.2, 0.25) is 11.8 Å². The number of nitrogens with one attached hydrogen (secondary N) is 2. The maximum absolute atomic E-state index is 13.0. The van der Waals surface area contributed by atoms with E-state index < -0.39 is 0 Å². The van der Waals surface area contributed by atoms with Gasteiger partial charge in [-0.3, -0.25) is 14.5 Å². The average Bonchev–Trinajstić information content (AvgIpc) is 2.97. The first-order valence-corrected chi connectivity index (χ1v) is 14.2. The summed E-state index contributed by atoms with van der Waals surface area (Å²) in [5.41, 5.74) is 5.39. The molecule has 1 heterocycles. The molecule has 0 fully saturated rings. The van der Waals surface area contributed by atoms with Crippen LogP contribution in [0.1, 0.15) is 60.9 Å². The van der Waals surface area contributed by atoms with Crippen molar-refractivity contribution < 1.29 is 19.1 Å². The van der Waals surface area contributed by atoms with Gasteiger partial charge in [-0.15, -0.1) is 0 Å². The first-order valence-electron chi connectivity index (χ1n) is 14.2. The molecule has 0 bridgehead atoms. The second-order valence-electron chi connectivity index (χ2n) is 10.3. The summed E-state index contributed by atoms with van der Waals surface area (Å²) >= 11 is 0. The molecule has 40 heavy (non-hydrogen) atoms. The van der Waals surface area contributed by atoms with Crippen molar-refractivity contribution in [3.8, 4) is 11.5 Å². The highest BCUT2D eigenvalue weighted by Crippen LogP contribution is 2.36. The second kappa shape index (κ2) is 14.5. The minimum Gasteiger partial charge on any atom is -0.493 e. The van der Waals surface area contributed by atoms with E-state index in [-0.39, 0.29) is 17.9 Å². The summed E-state index contributed by atoms with van der Waals surface area (Å²) in [5.74, 6) is 1.43. The number of carbonyl (C=O) groups is 2. The lowest BCUT2D eigenvalue weighted by molar-refractivity contribution is -0.123. The zero-order valence-electron chi connectivity index (χ0n) is 23.9. The SMILES string of the molecule is CCCCCC(=O)Nc1ccc2c(c1)CCN(CC(=O)NCc1ccccc1)C2Cc1ccc(OC)c(OC)c1. The number of hydrogen-bond acceptors (Lipinski definition) is 5. The fraction of sp³-hybridized carbons (Fsp3) is 0.394. The van der Waals surface area contributed by atoms with E-state index in [9.17, 15) is 9.59 Å². The van der Waals surface area contributed by atoms with Gasteiger partial charge in [-0.25, -0.2) is 0 Å². The van der Waals surface area contributed by atoms with Crippen LogP contribution in [0, 0.1) is 0 Å². The highest BCUT2D eigenvalue weighted by molar-refractivity contribution is 5.90. The number of carbonyl (C=O) groups excluding carboxylic acids is 2. The largest absolute Gasteiger partial charge is 0.493 e. The lowest BCUT2D eigenvalue weighted by atomic mass is 9.88. The number of amides is 2. The monoisotopic (exact) mass is 543 g/mol. The van der Waals surface area contributed by atoms with E-state index in [2.05, 4.69) is 34.6 Å². The topological polar surface area (TPSA) is 79.9 Å². The third-order valence-corrected chi connectivity index (χ3v) is 7.46. The van der Waals surface area contributed by atoms with Crippen LogP contribution in [0.3, 0.4) is 0 Å². The summed E-state index contributed by atoms with van der Waals surface area (Å²) < 4.78 is 11.0. The van der Waals surface area contributed by atoms with Gasteiger partial charge in [0.15, 0.2) is 11.5 Å². The van der Waals surface area contributed by atoms with Gasteiger partial charge in [0.05, 0.1) is 20.8 Å². The molecule has 4 rings (SSSR count). The van der Waals surface area contributed by atoms with E-state index >= 15 is 0 Å². The molecule has 0 aliphatic carbocycles. The fourth-order valence-corrected chi connectivity index (χ4v) is 5.30. The highest BCUT2D eigenvalue weighted by atomic mass is 16.5. The third kappa shape index (κ3) is 7.85. The number of ether oxygens (including phenoxy) is 2. The standard InChI is InChI=1S/C33H41N3O4/c1-4-5-7-12-32(37)35-27-14-15-28-26(21-27)17-18-36(23-33(38)34-22-24-10-8-6-9-11-24)29(28)19-25-13-16-30(39-2)31(20-25)40-3/h6,8-11,13-16,20-21,29H,4-5,7,12,17-19,22-23H2,1-3H3,(H,34,38)(H,35,37). The molecule has 1 aliphatic rings. The molecular formula is C33H41N3O4. The van der Waals surface area contributed by atoms with Gasteiger partial charge in [-0.2, -0.15) is 0 Å². The van der Waals surface area contributed by atoms with Gasteiger partial charge in [0.25, 0.3) is 0 Å².